The van der Waals surface area contributed by atoms with E-state index in [0.717, 1.165) is 0 Å². The van der Waals surface area contributed by atoms with Crippen molar-refractivity contribution in [1.29, 1.82) is 0 Å². The van der Waals surface area contributed by atoms with E-state index in [-0.39, 0.29) is 5.91 Å². The number of nitrogens with two attached hydrogens (primary N) is 1. The van der Waals surface area contributed by atoms with Crippen LogP contribution in [0.4, 0.5) is 11.4 Å². The van der Waals surface area contributed by atoms with Crippen LogP contribution in [-0.2, 0) is 6.54 Å². The first kappa shape index (κ1) is 12.4. The first-order valence-electron chi connectivity index (χ1n) is 5.36. The van der Waals surface area contributed by atoms with Crippen LogP contribution < -0.4 is 11.1 Å². The molecule has 6 nitrogen and oxygen atoms in total. The molecule has 0 radical (unpaired) electrons. The normalized spacial score (nSPS) is 10.3. The number of amides is 1. The minimum absolute atomic E-state index is 0.310. The molecule has 0 fully saturated rings. The van der Waals surface area contributed by atoms with Crippen LogP contribution in [-0.4, -0.2) is 20.7 Å². The van der Waals surface area contributed by atoms with Gasteiger partial charge in [0.1, 0.15) is 10.8 Å². The Bertz CT molecular complexity index is 581. The summed E-state index contributed by atoms with van der Waals surface area (Å²) in [5.41, 5.74) is 6.96. The van der Waals surface area contributed by atoms with Gasteiger partial charge in [0.25, 0.3) is 5.91 Å². The van der Waals surface area contributed by atoms with Gasteiger partial charge >= 0.3 is 0 Å². The average Bonchev–Trinajstić information content (AvgIpc) is 2.70. The molecule has 7 heteroatoms. The Labute approximate surface area is 109 Å². The highest BCUT2D eigenvalue weighted by Crippen LogP contribution is 2.16. The average molecular weight is 266 g/mol. The van der Waals surface area contributed by atoms with E-state index in [0.29, 0.717) is 28.8 Å². The molecule has 3 N–H and O–H groups in total. The maximum absolute atomic E-state index is 12.1. The Hall–Kier alpha value is -2.08. The number of aryl methyl sites for hydroxylation is 1. The third-order valence-electron chi connectivity index (χ3n) is 2.37. The van der Waals surface area contributed by atoms with Gasteiger partial charge in [-0.2, -0.15) is 5.10 Å². The van der Waals surface area contributed by atoms with Gasteiger partial charge in [-0.15, -0.1) is 0 Å². The second kappa shape index (κ2) is 5.05. The van der Waals surface area contributed by atoms with E-state index in [2.05, 4.69) is 15.4 Å². The molecule has 0 saturated carbocycles. The van der Waals surface area contributed by atoms with Crippen molar-refractivity contribution in [3.63, 3.8) is 0 Å². The van der Waals surface area contributed by atoms with Crippen molar-refractivity contribution >= 4 is 28.9 Å². The molecular weight excluding hydrogens is 254 g/mol. The summed E-state index contributed by atoms with van der Waals surface area (Å²) in [7, 11) is 0. The van der Waals surface area contributed by atoms with Crippen LogP contribution >= 0.6 is 11.6 Å². The fourth-order valence-electron chi connectivity index (χ4n) is 1.56. The monoisotopic (exact) mass is 265 g/mol. The maximum Gasteiger partial charge on any atom is 0.276 e. The summed E-state index contributed by atoms with van der Waals surface area (Å²) in [4.78, 5) is 15.9. The smallest absolute Gasteiger partial charge is 0.276 e. The van der Waals surface area contributed by atoms with E-state index < -0.39 is 0 Å². The second-order valence-corrected chi connectivity index (χ2v) is 3.97. The highest BCUT2D eigenvalue weighted by molar-refractivity contribution is 6.29. The summed E-state index contributed by atoms with van der Waals surface area (Å²) >= 11 is 5.74. The summed E-state index contributed by atoms with van der Waals surface area (Å²) in [5.74, 6) is -0.325. The summed E-state index contributed by atoms with van der Waals surface area (Å²) in [6, 6.07) is 3.20. The number of aromatic nitrogens is 3. The molecule has 0 aromatic carbocycles. The zero-order valence-corrected chi connectivity index (χ0v) is 10.5. The van der Waals surface area contributed by atoms with E-state index in [4.69, 9.17) is 17.3 Å². The van der Waals surface area contributed by atoms with E-state index in [9.17, 15) is 4.79 Å². The van der Waals surface area contributed by atoms with Gasteiger partial charge in [0.05, 0.1) is 11.9 Å². The van der Waals surface area contributed by atoms with E-state index in [1.165, 1.54) is 17.1 Å². The molecule has 0 bridgehead atoms. The summed E-state index contributed by atoms with van der Waals surface area (Å²) in [5, 5.41) is 7.01. The highest BCUT2D eigenvalue weighted by atomic mass is 35.5. The quantitative estimate of drug-likeness (QED) is 0.829. The maximum atomic E-state index is 12.1. The largest absolute Gasteiger partial charge is 0.396 e. The van der Waals surface area contributed by atoms with Gasteiger partial charge in [0.2, 0.25) is 0 Å². The molecule has 94 valence electrons. The third-order valence-corrected chi connectivity index (χ3v) is 2.57. The van der Waals surface area contributed by atoms with Crippen LogP contribution in [0.25, 0.3) is 0 Å². The number of halogens is 1. The number of carbonyl (C=O) groups excluding carboxylic acids is 1. The van der Waals surface area contributed by atoms with Gasteiger partial charge in [0, 0.05) is 18.4 Å². The van der Waals surface area contributed by atoms with Crippen LogP contribution in [0.2, 0.25) is 5.15 Å². The van der Waals surface area contributed by atoms with Gasteiger partial charge in [-0.3, -0.25) is 9.48 Å². The standard InChI is InChI=1S/C11H12ClN5O/c1-2-17-10(8(13)6-15-17)11(18)16-7-3-4-14-9(12)5-7/h3-6H,2,13H2,1H3,(H,14,16,18). The molecule has 0 saturated heterocycles. The molecular formula is C11H12ClN5O. The lowest BCUT2D eigenvalue weighted by Crippen LogP contribution is -2.18. The SMILES string of the molecule is CCn1ncc(N)c1C(=O)Nc1ccnc(Cl)c1. The number of anilines is 2. The van der Waals surface area contributed by atoms with Crippen LogP contribution in [0, 0.1) is 0 Å². The number of carbonyl (C=O) groups is 1. The van der Waals surface area contributed by atoms with Gasteiger partial charge in [-0.25, -0.2) is 4.98 Å². The number of hydrogen-bond acceptors (Lipinski definition) is 4. The lowest BCUT2D eigenvalue weighted by atomic mass is 10.3. The Morgan fingerprint density at radius 1 is 1.61 bits per heavy atom. The number of rotatable bonds is 3. The van der Waals surface area contributed by atoms with E-state index in [1.807, 2.05) is 6.92 Å². The predicted octanol–water partition coefficient (Wildman–Crippen LogP) is 1.79. The lowest BCUT2D eigenvalue weighted by molar-refractivity contribution is 0.101. The van der Waals surface area contributed by atoms with Crippen molar-refractivity contribution in [2.75, 3.05) is 11.1 Å². The predicted molar refractivity (Wildman–Crippen MR) is 69.5 cm³/mol. The first-order valence-corrected chi connectivity index (χ1v) is 5.73. The summed E-state index contributed by atoms with van der Waals surface area (Å²) < 4.78 is 1.54. The molecule has 0 aliphatic carbocycles. The van der Waals surface area contributed by atoms with Crippen molar-refractivity contribution in [3.8, 4) is 0 Å². The molecule has 2 aromatic rings. The zero-order chi connectivity index (χ0) is 13.1. The van der Waals surface area contributed by atoms with Gasteiger partial charge in [-0.1, -0.05) is 11.6 Å². The molecule has 2 aromatic heterocycles. The van der Waals surface area contributed by atoms with Crippen molar-refractivity contribution in [3.05, 3.63) is 35.4 Å². The van der Waals surface area contributed by atoms with Crippen LogP contribution in [0.5, 0.6) is 0 Å². The fraction of sp³-hybridized carbons (Fsp3) is 0.182. The molecule has 0 atom stereocenters. The molecule has 18 heavy (non-hydrogen) atoms. The van der Waals surface area contributed by atoms with Gasteiger partial charge in [-0.05, 0) is 19.1 Å². The minimum Gasteiger partial charge on any atom is -0.396 e. The van der Waals surface area contributed by atoms with Gasteiger partial charge < -0.3 is 11.1 Å². The number of pyridine rings is 1. The molecule has 0 aliphatic heterocycles. The Balaban J connectivity index is 2.24. The third kappa shape index (κ3) is 2.43. The first-order chi connectivity index (χ1) is 8.61. The van der Waals surface area contributed by atoms with Crippen LogP contribution in [0.15, 0.2) is 24.5 Å². The molecule has 2 rings (SSSR count). The molecule has 1 amide bonds. The zero-order valence-electron chi connectivity index (χ0n) is 9.72. The van der Waals surface area contributed by atoms with Crippen LogP contribution in [0.1, 0.15) is 17.4 Å². The topological polar surface area (TPSA) is 85.8 Å². The number of nitrogens with one attached hydrogen (secondary N) is 1. The fourth-order valence-corrected chi connectivity index (χ4v) is 1.73. The molecule has 2 heterocycles. The Morgan fingerprint density at radius 2 is 2.39 bits per heavy atom. The van der Waals surface area contributed by atoms with Crippen molar-refractivity contribution in [2.45, 2.75) is 13.5 Å². The van der Waals surface area contributed by atoms with Crippen molar-refractivity contribution < 1.29 is 4.79 Å². The Kier molecular flexibility index (Phi) is 3.47. The van der Waals surface area contributed by atoms with Crippen LogP contribution in [0.3, 0.4) is 0 Å². The molecule has 0 aliphatic rings. The summed E-state index contributed by atoms with van der Waals surface area (Å²) in [6.07, 6.45) is 2.97. The van der Waals surface area contributed by atoms with Gasteiger partial charge in [0.15, 0.2) is 0 Å². The highest BCUT2D eigenvalue weighted by Gasteiger charge is 2.16. The number of hydrogen-bond donors (Lipinski definition) is 2. The number of nitrogen functional groups attached to an aromatic ring is 1. The lowest BCUT2D eigenvalue weighted by Gasteiger charge is -2.07. The Morgan fingerprint density at radius 3 is 3.06 bits per heavy atom. The van der Waals surface area contributed by atoms with Crippen molar-refractivity contribution in [2.24, 2.45) is 0 Å². The number of nitrogens with zero attached hydrogens (tertiary/aromatic N) is 3. The van der Waals surface area contributed by atoms with Crippen molar-refractivity contribution in [1.82, 2.24) is 14.8 Å². The second-order valence-electron chi connectivity index (χ2n) is 3.59. The van der Waals surface area contributed by atoms with E-state index in [1.54, 1.807) is 12.1 Å². The minimum atomic E-state index is -0.325. The summed E-state index contributed by atoms with van der Waals surface area (Å²) in [6.45, 7) is 2.45. The molecule has 0 unspecified atom stereocenters. The molecule has 0 spiro atoms. The van der Waals surface area contributed by atoms with E-state index >= 15 is 0 Å².